The molecule has 0 aliphatic carbocycles. The topological polar surface area (TPSA) is 79.3 Å². The number of aromatic nitrogens is 1. The van der Waals surface area contributed by atoms with Gasteiger partial charge in [-0.1, -0.05) is 6.07 Å². The lowest BCUT2D eigenvalue weighted by molar-refractivity contribution is 0.0695. The van der Waals surface area contributed by atoms with E-state index in [1.54, 1.807) is 6.92 Å². The van der Waals surface area contributed by atoms with Crippen molar-refractivity contribution in [2.75, 3.05) is 5.32 Å². The molecule has 0 aliphatic heterocycles. The van der Waals surface area contributed by atoms with E-state index in [1.165, 1.54) is 12.1 Å². The molecule has 5 nitrogen and oxygen atoms in total. The highest BCUT2D eigenvalue weighted by Crippen LogP contribution is 2.15. The van der Waals surface area contributed by atoms with Crippen LogP contribution in [-0.2, 0) is 0 Å². The maximum Gasteiger partial charge on any atom is 0.337 e. The highest BCUT2D eigenvalue weighted by Gasteiger charge is 2.13. The molecule has 2 N–H and O–H groups in total. The van der Waals surface area contributed by atoms with Gasteiger partial charge in [-0.15, -0.1) is 0 Å². The quantitative estimate of drug-likeness (QED) is 0.908. The van der Waals surface area contributed by atoms with E-state index >= 15 is 0 Å². The molecule has 2 rings (SSSR count). The third kappa shape index (κ3) is 3.45. The highest BCUT2D eigenvalue weighted by atomic mass is 16.4. The van der Waals surface area contributed by atoms with Crippen LogP contribution in [0.1, 0.15) is 37.7 Å². The Balaban J connectivity index is 2.24. The van der Waals surface area contributed by atoms with E-state index in [4.69, 9.17) is 5.11 Å². The van der Waals surface area contributed by atoms with Crippen LogP contribution in [0.15, 0.2) is 30.3 Å². The molecule has 1 heterocycles. The standard InChI is InChI=1S/C16H16N2O3/c1-9-6-10(2)8-12(7-9)18-15(19)14-5-4-13(16(20)21)11(3)17-14/h4-8H,1-3H3,(H,18,19)(H,20,21). The number of carbonyl (C=O) groups excluding carboxylic acids is 1. The first-order valence-corrected chi connectivity index (χ1v) is 6.47. The maximum absolute atomic E-state index is 12.1. The van der Waals surface area contributed by atoms with Gasteiger partial charge >= 0.3 is 5.97 Å². The van der Waals surface area contributed by atoms with Gasteiger partial charge in [0.1, 0.15) is 5.69 Å². The Bertz CT molecular complexity index is 703. The maximum atomic E-state index is 12.1. The number of aromatic carboxylic acids is 1. The van der Waals surface area contributed by atoms with Crippen molar-refractivity contribution in [2.45, 2.75) is 20.8 Å². The first kappa shape index (κ1) is 14.7. The van der Waals surface area contributed by atoms with Crippen molar-refractivity contribution in [3.05, 3.63) is 58.4 Å². The third-order valence-electron chi connectivity index (χ3n) is 3.03. The van der Waals surface area contributed by atoms with Gasteiger partial charge in [-0.3, -0.25) is 4.79 Å². The van der Waals surface area contributed by atoms with Gasteiger partial charge in [-0.2, -0.15) is 0 Å². The van der Waals surface area contributed by atoms with Crippen molar-refractivity contribution in [3.8, 4) is 0 Å². The van der Waals surface area contributed by atoms with E-state index in [1.807, 2.05) is 32.0 Å². The molecule has 0 aliphatic rings. The Hall–Kier alpha value is -2.69. The molecule has 2 aromatic rings. The molecular weight excluding hydrogens is 268 g/mol. The van der Waals surface area contributed by atoms with Crippen LogP contribution in [0.25, 0.3) is 0 Å². The normalized spacial score (nSPS) is 10.2. The van der Waals surface area contributed by atoms with Crippen LogP contribution in [0.3, 0.4) is 0 Å². The number of nitrogens with one attached hydrogen (secondary N) is 1. The lowest BCUT2D eigenvalue weighted by Gasteiger charge is -2.08. The van der Waals surface area contributed by atoms with E-state index in [-0.39, 0.29) is 17.2 Å². The number of carbonyl (C=O) groups is 2. The number of rotatable bonds is 3. The van der Waals surface area contributed by atoms with Gasteiger partial charge in [-0.05, 0) is 56.2 Å². The number of nitrogens with zero attached hydrogens (tertiary/aromatic N) is 1. The summed E-state index contributed by atoms with van der Waals surface area (Å²) in [5, 5.41) is 11.7. The number of aryl methyl sites for hydroxylation is 3. The van der Waals surface area contributed by atoms with Crippen molar-refractivity contribution in [3.63, 3.8) is 0 Å². The van der Waals surface area contributed by atoms with Crippen LogP contribution in [0.4, 0.5) is 5.69 Å². The first-order chi connectivity index (χ1) is 9.86. The minimum Gasteiger partial charge on any atom is -0.478 e. The Kier molecular flexibility index (Phi) is 4.03. The van der Waals surface area contributed by atoms with Gasteiger partial charge in [0.2, 0.25) is 0 Å². The summed E-state index contributed by atoms with van der Waals surface area (Å²) in [6.45, 7) is 5.47. The summed E-state index contributed by atoms with van der Waals surface area (Å²) in [6.07, 6.45) is 0. The van der Waals surface area contributed by atoms with Crippen molar-refractivity contribution < 1.29 is 14.7 Å². The number of pyridine rings is 1. The summed E-state index contributed by atoms with van der Waals surface area (Å²) >= 11 is 0. The molecule has 0 spiro atoms. The van der Waals surface area contributed by atoms with E-state index in [2.05, 4.69) is 10.3 Å². The molecule has 108 valence electrons. The van der Waals surface area contributed by atoms with Crippen molar-refractivity contribution in [1.29, 1.82) is 0 Å². The van der Waals surface area contributed by atoms with Crippen molar-refractivity contribution in [1.82, 2.24) is 4.98 Å². The molecule has 0 saturated heterocycles. The molecule has 0 fully saturated rings. The molecule has 5 heteroatoms. The van der Waals surface area contributed by atoms with E-state index in [0.29, 0.717) is 11.4 Å². The van der Waals surface area contributed by atoms with Gasteiger partial charge < -0.3 is 10.4 Å². The molecule has 0 atom stereocenters. The number of carboxylic acids is 1. The second-order valence-electron chi connectivity index (χ2n) is 4.97. The second kappa shape index (κ2) is 5.75. The number of carboxylic acid groups (broad SMARTS) is 1. The number of amides is 1. The largest absolute Gasteiger partial charge is 0.478 e. The second-order valence-corrected chi connectivity index (χ2v) is 4.97. The zero-order valence-corrected chi connectivity index (χ0v) is 12.1. The molecule has 21 heavy (non-hydrogen) atoms. The Morgan fingerprint density at radius 3 is 2.19 bits per heavy atom. The van der Waals surface area contributed by atoms with E-state index in [0.717, 1.165) is 11.1 Å². The number of benzene rings is 1. The van der Waals surface area contributed by atoms with Gasteiger partial charge in [0.05, 0.1) is 11.3 Å². The van der Waals surface area contributed by atoms with Crippen LogP contribution in [0, 0.1) is 20.8 Å². The molecular formula is C16H16N2O3. The molecule has 0 unspecified atom stereocenters. The van der Waals surface area contributed by atoms with Crippen LogP contribution < -0.4 is 5.32 Å². The average molecular weight is 284 g/mol. The zero-order chi connectivity index (χ0) is 15.6. The molecule has 0 saturated carbocycles. The predicted octanol–water partition coefficient (Wildman–Crippen LogP) is 2.96. The fraction of sp³-hybridized carbons (Fsp3) is 0.188. The predicted molar refractivity (Wildman–Crippen MR) is 79.8 cm³/mol. The Morgan fingerprint density at radius 1 is 1.05 bits per heavy atom. The van der Waals surface area contributed by atoms with Crippen molar-refractivity contribution in [2.24, 2.45) is 0 Å². The van der Waals surface area contributed by atoms with E-state index in [9.17, 15) is 9.59 Å². The minimum atomic E-state index is -1.05. The molecule has 0 bridgehead atoms. The lowest BCUT2D eigenvalue weighted by Crippen LogP contribution is -2.15. The molecule has 1 aromatic heterocycles. The van der Waals surface area contributed by atoms with Crippen LogP contribution >= 0.6 is 0 Å². The summed E-state index contributed by atoms with van der Waals surface area (Å²) in [4.78, 5) is 27.1. The summed E-state index contributed by atoms with van der Waals surface area (Å²) in [7, 11) is 0. The number of hydrogen-bond acceptors (Lipinski definition) is 3. The minimum absolute atomic E-state index is 0.0953. The van der Waals surface area contributed by atoms with Gasteiger partial charge in [0, 0.05) is 5.69 Å². The van der Waals surface area contributed by atoms with Crippen LogP contribution in [-0.4, -0.2) is 22.0 Å². The fourth-order valence-electron chi connectivity index (χ4n) is 2.16. The SMILES string of the molecule is Cc1cc(C)cc(NC(=O)c2ccc(C(=O)O)c(C)n2)c1. The number of anilines is 1. The smallest absolute Gasteiger partial charge is 0.337 e. The van der Waals surface area contributed by atoms with Crippen LogP contribution in [0.2, 0.25) is 0 Å². The molecule has 1 aromatic carbocycles. The lowest BCUT2D eigenvalue weighted by atomic mass is 10.1. The molecule has 1 amide bonds. The summed E-state index contributed by atoms with van der Waals surface area (Å²) < 4.78 is 0. The first-order valence-electron chi connectivity index (χ1n) is 6.47. The number of hydrogen-bond donors (Lipinski definition) is 2. The van der Waals surface area contributed by atoms with Gasteiger partial charge in [0.15, 0.2) is 0 Å². The van der Waals surface area contributed by atoms with Crippen molar-refractivity contribution >= 4 is 17.6 Å². The van der Waals surface area contributed by atoms with Crippen LogP contribution in [0.5, 0.6) is 0 Å². The third-order valence-corrected chi connectivity index (χ3v) is 3.03. The summed E-state index contributed by atoms with van der Waals surface area (Å²) in [5.41, 5.74) is 3.40. The zero-order valence-electron chi connectivity index (χ0n) is 12.1. The van der Waals surface area contributed by atoms with Gasteiger partial charge in [-0.25, -0.2) is 9.78 Å². The summed E-state index contributed by atoms with van der Waals surface area (Å²) in [6, 6.07) is 8.54. The Labute approximate surface area is 122 Å². The average Bonchev–Trinajstić information content (AvgIpc) is 2.36. The summed E-state index contributed by atoms with van der Waals surface area (Å²) in [5.74, 6) is -1.42. The fourth-order valence-corrected chi connectivity index (χ4v) is 2.16. The molecule has 0 radical (unpaired) electrons. The monoisotopic (exact) mass is 284 g/mol. The van der Waals surface area contributed by atoms with E-state index < -0.39 is 5.97 Å². The van der Waals surface area contributed by atoms with Gasteiger partial charge in [0.25, 0.3) is 5.91 Å². The Morgan fingerprint density at radius 2 is 1.67 bits per heavy atom. The highest BCUT2D eigenvalue weighted by molar-refractivity contribution is 6.03.